The molecule has 4 rings (SSSR count). The van der Waals surface area contributed by atoms with Crippen molar-refractivity contribution in [3.63, 3.8) is 0 Å². The number of benzene rings is 1. The van der Waals surface area contributed by atoms with Crippen molar-refractivity contribution >= 4 is 5.91 Å². The molecule has 1 aromatic heterocycles. The first-order valence-corrected chi connectivity index (χ1v) is 8.77. The number of carbonyl (C=O) groups is 1. The Hall–Kier alpha value is -2.65. The minimum absolute atomic E-state index is 0.181. The maximum absolute atomic E-state index is 13.0. The average molecular weight is 335 g/mol. The van der Waals surface area contributed by atoms with Crippen molar-refractivity contribution in [3.8, 4) is 6.07 Å². The van der Waals surface area contributed by atoms with Crippen molar-refractivity contribution in [1.82, 2.24) is 19.8 Å². The Morgan fingerprint density at radius 2 is 2.20 bits per heavy atom. The molecule has 0 unspecified atom stereocenters. The lowest BCUT2D eigenvalue weighted by atomic mass is 10.00. The first-order chi connectivity index (χ1) is 12.2. The lowest BCUT2D eigenvalue weighted by molar-refractivity contribution is -0.136. The summed E-state index contributed by atoms with van der Waals surface area (Å²) in [5.74, 6) is 0.211. The predicted octanol–water partition coefficient (Wildman–Crippen LogP) is 1.83. The first-order valence-electron chi connectivity index (χ1n) is 8.77. The van der Waals surface area contributed by atoms with Crippen LogP contribution in [0.25, 0.3) is 0 Å². The molecule has 1 amide bonds. The van der Waals surface area contributed by atoms with Crippen LogP contribution in [0.15, 0.2) is 30.6 Å². The number of fused-ring (bicyclic) bond motifs is 1. The average Bonchev–Trinajstić information content (AvgIpc) is 3.32. The third-order valence-corrected chi connectivity index (χ3v) is 5.14. The molecule has 0 saturated carbocycles. The highest BCUT2D eigenvalue weighted by atomic mass is 16.2. The third-order valence-electron chi connectivity index (χ3n) is 5.14. The number of aromatic amines is 1. The minimum Gasteiger partial charge on any atom is -0.347 e. The summed E-state index contributed by atoms with van der Waals surface area (Å²) in [5.41, 5.74) is 3.79. The monoisotopic (exact) mass is 335 g/mol. The topological polar surface area (TPSA) is 76.0 Å². The van der Waals surface area contributed by atoms with E-state index in [1.165, 1.54) is 0 Å². The van der Waals surface area contributed by atoms with Crippen molar-refractivity contribution in [1.29, 1.82) is 5.26 Å². The second-order valence-electron chi connectivity index (χ2n) is 6.80. The Kier molecular flexibility index (Phi) is 4.24. The number of hydrogen-bond acceptors (Lipinski definition) is 4. The van der Waals surface area contributed by atoms with E-state index in [9.17, 15) is 4.79 Å². The number of nitriles is 1. The smallest absolute Gasteiger partial charge is 0.240 e. The molecule has 0 aliphatic carbocycles. The molecule has 0 bridgehead atoms. The van der Waals surface area contributed by atoms with Crippen LogP contribution in [0, 0.1) is 11.3 Å². The molecule has 1 N–H and O–H groups in total. The largest absolute Gasteiger partial charge is 0.347 e. The molecular formula is C19H21N5O. The maximum atomic E-state index is 13.0. The van der Waals surface area contributed by atoms with Gasteiger partial charge in [-0.05, 0) is 30.5 Å². The SMILES string of the molecule is N#Cc1cccc(CN2Cc3[nH]cnc3C[C@H]2C(=O)N2CCCC2)c1. The van der Waals surface area contributed by atoms with Gasteiger partial charge in [0.25, 0.3) is 0 Å². The number of aromatic nitrogens is 2. The normalized spacial score (nSPS) is 20.3. The summed E-state index contributed by atoms with van der Waals surface area (Å²) < 4.78 is 0. The zero-order valence-electron chi connectivity index (χ0n) is 14.1. The van der Waals surface area contributed by atoms with E-state index >= 15 is 0 Å². The molecule has 1 fully saturated rings. The van der Waals surface area contributed by atoms with Gasteiger partial charge in [-0.1, -0.05) is 12.1 Å². The summed E-state index contributed by atoms with van der Waals surface area (Å²) in [4.78, 5) is 24.8. The Morgan fingerprint density at radius 3 is 3.00 bits per heavy atom. The van der Waals surface area contributed by atoms with Crippen molar-refractivity contribution in [3.05, 3.63) is 53.1 Å². The summed E-state index contributed by atoms with van der Waals surface area (Å²) in [6, 6.07) is 9.63. The van der Waals surface area contributed by atoms with Crippen LogP contribution in [0.4, 0.5) is 0 Å². The minimum atomic E-state index is -0.181. The van der Waals surface area contributed by atoms with Gasteiger partial charge in [0.1, 0.15) is 0 Å². The summed E-state index contributed by atoms with van der Waals surface area (Å²) >= 11 is 0. The third kappa shape index (κ3) is 3.15. The highest BCUT2D eigenvalue weighted by Gasteiger charge is 2.36. The molecule has 2 aliphatic rings. The van der Waals surface area contributed by atoms with Crippen LogP contribution >= 0.6 is 0 Å². The summed E-state index contributed by atoms with van der Waals surface area (Å²) in [7, 11) is 0. The van der Waals surface area contributed by atoms with Gasteiger partial charge < -0.3 is 9.88 Å². The van der Waals surface area contributed by atoms with Crippen LogP contribution in [0.3, 0.4) is 0 Å². The fourth-order valence-corrected chi connectivity index (χ4v) is 3.82. The molecule has 3 heterocycles. The molecule has 25 heavy (non-hydrogen) atoms. The van der Waals surface area contributed by atoms with E-state index in [2.05, 4.69) is 20.9 Å². The highest BCUT2D eigenvalue weighted by Crippen LogP contribution is 2.25. The van der Waals surface area contributed by atoms with Crippen molar-refractivity contribution in [2.45, 2.75) is 38.4 Å². The molecule has 1 aromatic carbocycles. The predicted molar refractivity (Wildman–Crippen MR) is 92.3 cm³/mol. The first kappa shape index (κ1) is 15.9. The zero-order valence-corrected chi connectivity index (χ0v) is 14.1. The van der Waals surface area contributed by atoms with E-state index < -0.39 is 0 Å². The fourth-order valence-electron chi connectivity index (χ4n) is 3.82. The summed E-state index contributed by atoms with van der Waals surface area (Å²) in [6.07, 6.45) is 4.54. The summed E-state index contributed by atoms with van der Waals surface area (Å²) in [5, 5.41) is 9.12. The van der Waals surface area contributed by atoms with Gasteiger partial charge in [-0.2, -0.15) is 5.26 Å². The second kappa shape index (κ2) is 6.69. The number of nitrogens with one attached hydrogen (secondary N) is 1. The number of nitrogens with zero attached hydrogens (tertiary/aromatic N) is 4. The van der Waals surface area contributed by atoms with Crippen LogP contribution in [0.2, 0.25) is 0 Å². The number of carbonyl (C=O) groups excluding carboxylic acids is 1. The Balaban J connectivity index is 1.60. The molecule has 2 aromatic rings. The van der Waals surface area contributed by atoms with Crippen LogP contribution < -0.4 is 0 Å². The van der Waals surface area contributed by atoms with Gasteiger partial charge in [0.05, 0.1) is 35.4 Å². The van der Waals surface area contributed by atoms with Gasteiger partial charge in [-0.15, -0.1) is 0 Å². The van der Waals surface area contributed by atoms with Gasteiger partial charge in [0.2, 0.25) is 5.91 Å². The van der Waals surface area contributed by atoms with E-state index in [4.69, 9.17) is 5.26 Å². The van der Waals surface area contributed by atoms with Gasteiger partial charge in [0, 0.05) is 32.6 Å². The second-order valence-corrected chi connectivity index (χ2v) is 6.80. The number of likely N-dealkylation sites (tertiary alicyclic amines) is 1. The van der Waals surface area contributed by atoms with Crippen LogP contribution in [-0.4, -0.2) is 44.8 Å². The van der Waals surface area contributed by atoms with Crippen LogP contribution in [-0.2, 0) is 24.3 Å². The number of rotatable bonds is 3. The molecule has 2 aliphatic heterocycles. The molecular weight excluding hydrogens is 314 g/mol. The van der Waals surface area contributed by atoms with Gasteiger partial charge in [-0.25, -0.2) is 4.98 Å². The molecule has 1 saturated heterocycles. The molecule has 0 spiro atoms. The lowest BCUT2D eigenvalue weighted by Gasteiger charge is -2.36. The Morgan fingerprint density at radius 1 is 1.36 bits per heavy atom. The maximum Gasteiger partial charge on any atom is 0.240 e. The van der Waals surface area contributed by atoms with Crippen LogP contribution in [0.5, 0.6) is 0 Å². The quantitative estimate of drug-likeness (QED) is 0.928. The van der Waals surface area contributed by atoms with Crippen molar-refractivity contribution in [2.75, 3.05) is 13.1 Å². The molecule has 0 radical (unpaired) electrons. The van der Waals surface area contributed by atoms with E-state index in [-0.39, 0.29) is 11.9 Å². The van der Waals surface area contributed by atoms with Gasteiger partial charge in [-0.3, -0.25) is 9.69 Å². The van der Waals surface area contributed by atoms with E-state index in [1.54, 1.807) is 12.4 Å². The van der Waals surface area contributed by atoms with Crippen molar-refractivity contribution in [2.24, 2.45) is 0 Å². The van der Waals surface area contributed by atoms with Gasteiger partial charge in [0.15, 0.2) is 0 Å². The van der Waals surface area contributed by atoms with Gasteiger partial charge >= 0.3 is 0 Å². The fraction of sp³-hybridized carbons (Fsp3) is 0.421. The zero-order chi connectivity index (χ0) is 17.2. The standard InChI is InChI=1S/C19H21N5O/c20-10-14-4-3-5-15(8-14)11-24-12-17-16(21-13-22-17)9-18(24)19(25)23-6-1-2-7-23/h3-5,8,13,18H,1-2,6-7,9,11-12H2,(H,21,22)/t18-/m0/s1. The Bertz CT molecular complexity index is 815. The van der Waals surface area contributed by atoms with Crippen molar-refractivity contribution < 1.29 is 4.79 Å². The highest BCUT2D eigenvalue weighted by molar-refractivity contribution is 5.82. The number of hydrogen-bond donors (Lipinski definition) is 1. The molecule has 6 nitrogen and oxygen atoms in total. The van der Waals surface area contributed by atoms with Crippen LogP contribution in [0.1, 0.15) is 35.4 Å². The van der Waals surface area contributed by atoms with E-state index in [0.29, 0.717) is 25.1 Å². The van der Waals surface area contributed by atoms with E-state index in [0.717, 1.165) is 42.9 Å². The number of imidazole rings is 1. The molecule has 128 valence electrons. The number of amides is 1. The molecule has 6 heteroatoms. The molecule has 1 atom stereocenters. The van der Waals surface area contributed by atoms with E-state index in [1.807, 2.05) is 23.1 Å². The summed E-state index contributed by atoms with van der Waals surface area (Å²) in [6.45, 7) is 3.05. The number of H-pyrrole nitrogens is 1. The lowest BCUT2D eigenvalue weighted by Crippen LogP contribution is -2.50. The Labute approximate surface area is 147 Å².